The monoisotopic (exact) mass is 326 g/mol. The van der Waals surface area contributed by atoms with E-state index >= 15 is 0 Å². The first-order valence-corrected chi connectivity index (χ1v) is 8.66. The molecule has 0 spiro atoms. The smallest absolute Gasteiger partial charge is 0.228 e. The number of aromatic nitrogens is 2. The van der Waals surface area contributed by atoms with Gasteiger partial charge in [-0.1, -0.05) is 30.3 Å². The summed E-state index contributed by atoms with van der Waals surface area (Å²) in [5.74, 6) is -0.205. The van der Waals surface area contributed by atoms with Crippen molar-refractivity contribution in [1.29, 1.82) is 0 Å². The fraction of sp³-hybridized carbons (Fsp3) is 0.474. The maximum atomic E-state index is 12.2. The third-order valence-electron chi connectivity index (χ3n) is 5.27. The molecule has 1 aromatic carbocycles. The van der Waals surface area contributed by atoms with Gasteiger partial charge < -0.3 is 5.73 Å². The van der Waals surface area contributed by atoms with Gasteiger partial charge in [0, 0.05) is 24.8 Å². The van der Waals surface area contributed by atoms with Crippen molar-refractivity contribution in [2.24, 2.45) is 5.73 Å². The normalized spacial score (nSPS) is 17.8. The molecule has 1 aromatic heterocycles. The van der Waals surface area contributed by atoms with E-state index < -0.39 is 5.41 Å². The minimum atomic E-state index is -0.527. The van der Waals surface area contributed by atoms with Crippen LogP contribution in [0.1, 0.15) is 36.6 Å². The number of likely N-dealkylation sites (tertiary alicyclic amines) is 1. The average molecular weight is 326 g/mol. The van der Waals surface area contributed by atoms with Gasteiger partial charge in [0.1, 0.15) is 0 Å². The zero-order valence-electron chi connectivity index (χ0n) is 14.5. The largest absolute Gasteiger partial charge is 0.369 e. The summed E-state index contributed by atoms with van der Waals surface area (Å²) in [5, 5.41) is 4.51. The van der Waals surface area contributed by atoms with Crippen molar-refractivity contribution in [1.82, 2.24) is 14.7 Å². The molecule has 128 valence electrons. The molecule has 24 heavy (non-hydrogen) atoms. The molecular formula is C19H26N4O. The van der Waals surface area contributed by atoms with Crippen LogP contribution >= 0.6 is 0 Å². The second kappa shape index (κ2) is 6.77. The highest BCUT2D eigenvalue weighted by atomic mass is 16.1. The minimum Gasteiger partial charge on any atom is -0.369 e. The van der Waals surface area contributed by atoms with Crippen LogP contribution in [0.5, 0.6) is 0 Å². The Morgan fingerprint density at radius 3 is 2.46 bits per heavy atom. The molecule has 2 heterocycles. The molecule has 1 aliphatic rings. The van der Waals surface area contributed by atoms with Crippen molar-refractivity contribution in [3.05, 3.63) is 53.3 Å². The summed E-state index contributed by atoms with van der Waals surface area (Å²) in [6.07, 6.45) is 3.67. The molecule has 3 rings (SSSR count). The van der Waals surface area contributed by atoms with Crippen molar-refractivity contribution in [3.8, 4) is 0 Å². The molecule has 5 heteroatoms. The van der Waals surface area contributed by atoms with Crippen LogP contribution in [-0.2, 0) is 23.3 Å². The first kappa shape index (κ1) is 16.7. The number of hydrogen-bond acceptors (Lipinski definition) is 3. The summed E-state index contributed by atoms with van der Waals surface area (Å²) in [5.41, 5.74) is 8.68. The predicted molar refractivity (Wildman–Crippen MR) is 94.5 cm³/mol. The Morgan fingerprint density at radius 2 is 1.92 bits per heavy atom. The number of carbonyl (C=O) groups excluding carboxylic acids is 1. The Hall–Kier alpha value is -2.14. The molecule has 1 fully saturated rings. The molecule has 0 aliphatic carbocycles. The van der Waals surface area contributed by atoms with Crippen molar-refractivity contribution in [2.45, 2.75) is 45.2 Å². The Labute approximate surface area is 143 Å². The quantitative estimate of drug-likeness (QED) is 0.916. The van der Waals surface area contributed by atoms with Crippen LogP contribution in [0.3, 0.4) is 0 Å². The number of hydrogen-bond donors (Lipinski definition) is 1. The molecular weight excluding hydrogens is 300 g/mol. The number of carbonyl (C=O) groups is 1. The summed E-state index contributed by atoms with van der Waals surface area (Å²) >= 11 is 0. The fourth-order valence-corrected chi connectivity index (χ4v) is 3.64. The highest BCUT2D eigenvalue weighted by Crippen LogP contribution is 2.35. The summed E-state index contributed by atoms with van der Waals surface area (Å²) in [4.78, 5) is 14.6. The lowest BCUT2D eigenvalue weighted by Gasteiger charge is -2.40. The van der Waals surface area contributed by atoms with E-state index in [-0.39, 0.29) is 5.91 Å². The van der Waals surface area contributed by atoms with Crippen molar-refractivity contribution in [3.63, 3.8) is 0 Å². The molecule has 1 aliphatic heterocycles. The molecule has 0 unspecified atom stereocenters. The van der Waals surface area contributed by atoms with Crippen LogP contribution in [0.25, 0.3) is 0 Å². The SMILES string of the molecule is CCn1cc(CN2CCC(C(N)=O)(c3ccccc3)CC2)c(C)n1. The van der Waals surface area contributed by atoms with Crippen molar-refractivity contribution >= 4 is 5.91 Å². The molecule has 0 saturated carbocycles. The van der Waals surface area contributed by atoms with Gasteiger partial charge in [0.15, 0.2) is 0 Å². The molecule has 5 nitrogen and oxygen atoms in total. The summed E-state index contributed by atoms with van der Waals surface area (Å²) in [7, 11) is 0. The number of primary amides is 1. The summed E-state index contributed by atoms with van der Waals surface area (Å²) in [6.45, 7) is 7.67. The molecule has 0 radical (unpaired) electrons. The minimum absolute atomic E-state index is 0.205. The van der Waals surface area contributed by atoms with Crippen molar-refractivity contribution < 1.29 is 4.79 Å². The molecule has 1 saturated heterocycles. The number of aryl methyl sites for hydroxylation is 2. The summed E-state index contributed by atoms with van der Waals surface area (Å²) in [6, 6.07) is 9.98. The number of nitrogens with two attached hydrogens (primary N) is 1. The van der Waals surface area contributed by atoms with E-state index in [9.17, 15) is 4.79 Å². The van der Waals surface area contributed by atoms with Crippen LogP contribution in [0.15, 0.2) is 36.5 Å². The first-order chi connectivity index (χ1) is 11.5. The first-order valence-electron chi connectivity index (χ1n) is 8.66. The van der Waals surface area contributed by atoms with Crippen LogP contribution in [-0.4, -0.2) is 33.7 Å². The number of rotatable bonds is 5. The van der Waals surface area contributed by atoms with Gasteiger partial charge in [-0.2, -0.15) is 5.10 Å². The lowest BCUT2D eigenvalue weighted by Crippen LogP contribution is -2.49. The molecule has 0 bridgehead atoms. The lowest BCUT2D eigenvalue weighted by molar-refractivity contribution is -0.125. The van der Waals surface area contributed by atoms with Crippen molar-refractivity contribution in [2.75, 3.05) is 13.1 Å². The molecule has 2 aromatic rings. The van der Waals surface area contributed by atoms with E-state index in [1.54, 1.807) is 0 Å². The zero-order chi connectivity index (χ0) is 17.2. The zero-order valence-corrected chi connectivity index (χ0v) is 14.5. The maximum Gasteiger partial charge on any atom is 0.228 e. The Bertz CT molecular complexity index is 699. The Morgan fingerprint density at radius 1 is 1.25 bits per heavy atom. The van der Waals surface area contributed by atoms with Gasteiger partial charge in [0.2, 0.25) is 5.91 Å². The number of benzene rings is 1. The fourth-order valence-electron chi connectivity index (χ4n) is 3.64. The van der Waals surface area contributed by atoms with Gasteiger partial charge in [-0.25, -0.2) is 0 Å². The van der Waals surface area contributed by atoms with E-state index in [1.807, 2.05) is 35.0 Å². The van der Waals surface area contributed by atoms with E-state index in [2.05, 4.69) is 30.0 Å². The van der Waals surface area contributed by atoms with Crippen LogP contribution < -0.4 is 5.73 Å². The van der Waals surface area contributed by atoms with Crippen LogP contribution in [0.4, 0.5) is 0 Å². The average Bonchev–Trinajstić information content (AvgIpc) is 2.96. The second-order valence-corrected chi connectivity index (χ2v) is 6.68. The van der Waals surface area contributed by atoms with E-state index in [1.165, 1.54) is 5.56 Å². The number of nitrogens with zero attached hydrogens (tertiary/aromatic N) is 3. The van der Waals surface area contributed by atoms with E-state index in [4.69, 9.17) is 5.73 Å². The molecule has 1 amide bonds. The van der Waals surface area contributed by atoms with Gasteiger partial charge in [0.05, 0.1) is 11.1 Å². The lowest BCUT2D eigenvalue weighted by atomic mass is 9.72. The highest BCUT2D eigenvalue weighted by Gasteiger charge is 2.41. The van der Waals surface area contributed by atoms with Gasteiger partial charge in [-0.15, -0.1) is 0 Å². The van der Waals surface area contributed by atoms with Gasteiger partial charge in [-0.3, -0.25) is 14.4 Å². The van der Waals surface area contributed by atoms with Gasteiger partial charge >= 0.3 is 0 Å². The molecule has 2 N–H and O–H groups in total. The van der Waals surface area contributed by atoms with Crippen LogP contribution in [0.2, 0.25) is 0 Å². The van der Waals surface area contributed by atoms with Crippen LogP contribution in [0, 0.1) is 6.92 Å². The highest BCUT2D eigenvalue weighted by molar-refractivity contribution is 5.86. The van der Waals surface area contributed by atoms with Gasteiger partial charge in [-0.05, 0) is 45.3 Å². The molecule has 0 atom stereocenters. The predicted octanol–water partition coefficient (Wildman–Crippen LogP) is 2.23. The third kappa shape index (κ3) is 3.08. The maximum absolute atomic E-state index is 12.2. The number of amides is 1. The third-order valence-corrected chi connectivity index (χ3v) is 5.27. The Balaban J connectivity index is 1.72. The van der Waals surface area contributed by atoms with E-state index in [0.717, 1.165) is 50.3 Å². The van der Waals surface area contributed by atoms with Gasteiger partial charge in [0.25, 0.3) is 0 Å². The Kier molecular flexibility index (Phi) is 4.71. The second-order valence-electron chi connectivity index (χ2n) is 6.68. The summed E-state index contributed by atoms with van der Waals surface area (Å²) < 4.78 is 1.98. The van der Waals surface area contributed by atoms with E-state index in [0.29, 0.717) is 0 Å². The number of piperidine rings is 1. The standard InChI is InChI=1S/C19H26N4O/c1-3-23-14-16(15(2)21-23)13-22-11-9-19(10-12-22,18(20)24)17-7-5-4-6-8-17/h4-8,14H,3,9-13H2,1-2H3,(H2,20,24). The topological polar surface area (TPSA) is 64.2 Å².